The first-order valence-corrected chi connectivity index (χ1v) is 6.64. The minimum Gasteiger partial charge on any atom is -0.312 e. The van der Waals surface area contributed by atoms with Gasteiger partial charge in [0.15, 0.2) is 0 Å². The quantitative estimate of drug-likeness (QED) is 0.720. The predicted molar refractivity (Wildman–Crippen MR) is 73.9 cm³/mol. The largest absolute Gasteiger partial charge is 0.312 e. The molecule has 0 aromatic carbocycles. The van der Waals surface area contributed by atoms with Crippen LogP contribution in [0, 0.1) is 11.8 Å². The smallest absolute Gasteiger partial charge is 0.00966 e. The van der Waals surface area contributed by atoms with Crippen molar-refractivity contribution in [1.29, 1.82) is 0 Å². The van der Waals surface area contributed by atoms with E-state index < -0.39 is 0 Å². The second kappa shape index (κ2) is 7.29. The molecular formula is C14H32N2. The van der Waals surface area contributed by atoms with Gasteiger partial charge >= 0.3 is 0 Å². The van der Waals surface area contributed by atoms with Crippen molar-refractivity contribution in [2.24, 2.45) is 11.8 Å². The molecule has 16 heavy (non-hydrogen) atoms. The molecule has 0 amide bonds. The lowest BCUT2D eigenvalue weighted by atomic mass is 10.1. The highest BCUT2D eigenvalue weighted by Gasteiger charge is 2.12. The van der Waals surface area contributed by atoms with E-state index in [0.717, 1.165) is 18.4 Å². The molecule has 0 heterocycles. The van der Waals surface area contributed by atoms with Gasteiger partial charge in [-0.2, -0.15) is 0 Å². The summed E-state index contributed by atoms with van der Waals surface area (Å²) in [5, 5.41) is 3.57. The molecule has 0 rings (SSSR count). The molecule has 0 spiro atoms. The van der Waals surface area contributed by atoms with Crippen molar-refractivity contribution in [2.75, 3.05) is 26.7 Å². The van der Waals surface area contributed by atoms with E-state index in [1.165, 1.54) is 19.5 Å². The highest BCUT2D eigenvalue weighted by molar-refractivity contribution is 4.72. The van der Waals surface area contributed by atoms with E-state index in [1.807, 2.05) is 0 Å². The Labute approximate surface area is 103 Å². The molecule has 0 saturated carbocycles. The van der Waals surface area contributed by atoms with Gasteiger partial charge in [-0.25, -0.2) is 0 Å². The van der Waals surface area contributed by atoms with Crippen molar-refractivity contribution in [3.05, 3.63) is 0 Å². The number of nitrogens with zero attached hydrogens (tertiary/aromatic N) is 1. The summed E-state index contributed by atoms with van der Waals surface area (Å²) in [6.45, 7) is 17.1. The second-order valence-corrected chi connectivity index (χ2v) is 6.68. The van der Waals surface area contributed by atoms with E-state index in [1.54, 1.807) is 0 Å². The Balaban J connectivity index is 3.66. The van der Waals surface area contributed by atoms with Crippen LogP contribution in [0.5, 0.6) is 0 Å². The summed E-state index contributed by atoms with van der Waals surface area (Å²) >= 11 is 0. The third-order valence-electron chi connectivity index (χ3n) is 2.69. The Bertz CT molecular complexity index is 170. The fourth-order valence-corrected chi connectivity index (χ4v) is 1.65. The zero-order valence-corrected chi connectivity index (χ0v) is 12.4. The molecule has 1 unspecified atom stereocenters. The number of hydrogen-bond acceptors (Lipinski definition) is 2. The molecular weight excluding hydrogens is 196 g/mol. The van der Waals surface area contributed by atoms with Gasteiger partial charge in [-0.15, -0.1) is 0 Å². The molecule has 0 aliphatic carbocycles. The van der Waals surface area contributed by atoms with Crippen molar-refractivity contribution in [1.82, 2.24) is 10.2 Å². The van der Waals surface area contributed by atoms with Gasteiger partial charge in [-0.05, 0) is 59.2 Å². The number of hydrogen-bond donors (Lipinski definition) is 1. The first kappa shape index (κ1) is 15.9. The summed E-state index contributed by atoms with van der Waals surface area (Å²) in [6, 6.07) is 0. The topological polar surface area (TPSA) is 15.3 Å². The summed E-state index contributed by atoms with van der Waals surface area (Å²) in [6.07, 6.45) is 1.30. The molecule has 0 radical (unpaired) electrons. The molecule has 1 N–H and O–H groups in total. The zero-order chi connectivity index (χ0) is 12.8. The third-order valence-corrected chi connectivity index (χ3v) is 2.69. The average molecular weight is 228 g/mol. The maximum atomic E-state index is 3.57. The minimum absolute atomic E-state index is 0.241. The summed E-state index contributed by atoms with van der Waals surface area (Å²) in [5.41, 5.74) is 0.241. The van der Waals surface area contributed by atoms with E-state index in [-0.39, 0.29) is 5.54 Å². The molecule has 1 atom stereocenters. The lowest BCUT2D eigenvalue weighted by molar-refractivity contribution is 0.256. The van der Waals surface area contributed by atoms with E-state index in [2.05, 4.69) is 58.8 Å². The van der Waals surface area contributed by atoms with Crippen LogP contribution in [0.2, 0.25) is 0 Å². The zero-order valence-electron chi connectivity index (χ0n) is 12.4. The maximum absolute atomic E-state index is 3.57. The molecule has 2 nitrogen and oxygen atoms in total. The van der Waals surface area contributed by atoms with Gasteiger partial charge in [0.05, 0.1) is 0 Å². The van der Waals surface area contributed by atoms with Crippen LogP contribution in [0.25, 0.3) is 0 Å². The predicted octanol–water partition coefficient (Wildman–Crippen LogP) is 2.99. The van der Waals surface area contributed by atoms with Crippen LogP contribution in [0.4, 0.5) is 0 Å². The van der Waals surface area contributed by atoms with Crippen molar-refractivity contribution < 1.29 is 0 Å². The van der Waals surface area contributed by atoms with Crippen molar-refractivity contribution in [3.63, 3.8) is 0 Å². The van der Waals surface area contributed by atoms with Gasteiger partial charge in [0.2, 0.25) is 0 Å². The van der Waals surface area contributed by atoms with Gasteiger partial charge in [0, 0.05) is 12.1 Å². The lowest BCUT2D eigenvalue weighted by Gasteiger charge is -2.26. The molecule has 2 heteroatoms. The van der Waals surface area contributed by atoms with Crippen LogP contribution < -0.4 is 5.32 Å². The first-order chi connectivity index (χ1) is 7.20. The fourth-order valence-electron chi connectivity index (χ4n) is 1.65. The maximum Gasteiger partial charge on any atom is 0.00966 e. The van der Waals surface area contributed by atoms with Crippen molar-refractivity contribution >= 4 is 0 Å². The van der Waals surface area contributed by atoms with Crippen LogP contribution in [0.1, 0.15) is 48.0 Å². The van der Waals surface area contributed by atoms with E-state index >= 15 is 0 Å². The molecule has 0 aromatic rings. The lowest BCUT2D eigenvalue weighted by Crippen LogP contribution is -2.41. The standard InChI is InChI=1S/C14H32N2/c1-12(2)8-9-16(7)11-13(3)10-15-14(4,5)6/h12-13,15H,8-11H2,1-7H3. The van der Waals surface area contributed by atoms with Gasteiger partial charge in [0.25, 0.3) is 0 Å². The van der Waals surface area contributed by atoms with Gasteiger partial charge in [-0.3, -0.25) is 0 Å². The van der Waals surface area contributed by atoms with Crippen LogP contribution >= 0.6 is 0 Å². The molecule has 0 saturated heterocycles. The van der Waals surface area contributed by atoms with E-state index in [4.69, 9.17) is 0 Å². The molecule has 0 aromatic heterocycles. The molecule has 0 aliphatic rings. The third kappa shape index (κ3) is 10.4. The van der Waals surface area contributed by atoms with Crippen LogP contribution in [-0.2, 0) is 0 Å². The highest BCUT2D eigenvalue weighted by atomic mass is 15.1. The van der Waals surface area contributed by atoms with Crippen LogP contribution in [-0.4, -0.2) is 37.1 Å². The highest BCUT2D eigenvalue weighted by Crippen LogP contribution is 2.05. The van der Waals surface area contributed by atoms with Crippen LogP contribution in [0.15, 0.2) is 0 Å². The Kier molecular flexibility index (Phi) is 7.25. The van der Waals surface area contributed by atoms with E-state index in [9.17, 15) is 0 Å². The molecule has 0 aliphatic heterocycles. The minimum atomic E-state index is 0.241. The second-order valence-electron chi connectivity index (χ2n) is 6.68. The number of rotatable bonds is 7. The summed E-state index contributed by atoms with van der Waals surface area (Å²) in [5.74, 6) is 1.53. The summed E-state index contributed by atoms with van der Waals surface area (Å²) in [7, 11) is 2.23. The normalized spacial score (nSPS) is 14.8. The van der Waals surface area contributed by atoms with Crippen molar-refractivity contribution in [3.8, 4) is 0 Å². The van der Waals surface area contributed by atoms with Gasteiger partial charge in [-0.1, -0.05) is 20.8 Å². The average Bonchev–Trinajstić information content (AvgIpc) is 2.10. The Hall–Kier alpha value is -0.0800. The fraction of sp³-hybridized carbons (Fsp3) is 1.00. The van der Waals surface area contributed by atoms with Gasteiger partial charge < -0.3 is 10.2 Å². The first-order valence-electron chi connectivity index (χ1n) is 6.64. The Morgan fingerprint density at radius 3 is 2.12 bits per heavy atom. The Morgan fingerprint density at radius 2 is 1.69 bits per heavy atom. The molecule has 0 bridgehead atoms. The summed E-state index contributed by atoms with van der Waals surface area (Å²) in [4.78, 5) is 2.45. The molecule has 0 fully saturated rings. The SMILES string of the molecule is CC(C)CCN(C)CC(C)CNC(C)(C)C. The monoisotopic (exact) mass is 228 g/mol. The summed E-state index contributed by atoms with van der Waals surface area (Å²) < 4.78 is 0. The number of nitrogens with one attached hydrogen (secondary N) is 1. The van der Waals surface area contributed by atoms with E-state index in [0.29, 0.717) is 0 Å². The van der Waals surface area contributed by atoms with Crippen molar-refractivity contribution in [2.45, 2.75) is 53.5 Å². The molecule has 98 valence electrons. The Morgan fingerprint density at radius 1 is 1.12 bits per heavy atom. The van der Waals surface area contributed by atoms with Gasteiger partial charge in [0.1, 0.15) is 0 Å². The van der Waals surface area contributed by atoms with Crippen LogP contribution in [0.3, 0.4) is 0 Å².